The highest BCUT2D eigenvalue weighted by Gasteiger charge is 2.34. The molecule has 4 heteroatoms. The fourth-order valence-corrected chi connectivity index (χ4v) is 3.25. The highest BCUT2D eigenvalue weighted by atomic mass is 16.5. The summed E-state index contributed by atoms with van der Waals surface area (Å²) in [6, 6.07) is 18.0. The molecular weight excluding hydrogens is 300 g/mol. The lowest BCUT2D eigenvalue weighted by atomic mass is 9.74. The topological polar surface area (TPSA) is 50.4 Å². The minimum Gasteiger partial charge on any atom is -0.381 e. The summed E-state index contributed by atoms with van der Waals surface area (Å²) in [4.78, 5) is 12.3. The van der Waals surface area contributed by atoms with E-state index >= 15 is 0 Å². The molecule has 2 aromatic rings. The lowest BCUT2D eigenvalue weighted by Gasteiger charge is -2.38. The number of rotatable bonds is 4. The van der Waals surface area contributed by atoms with Gasteiger partial charge in [-0.25, -0.2) is 4.79 Å². The SMILES string of the molecule is Cc1ccccc1NC(=O)NCC1(c2ccccc2)CCOCC1. The molecule has 0 spiro atoms. The number of anilines is 1. The second kappa shape index (κ2) is 7.49. The molecule has 0 saturated carbocycles. The highest BCUT2D eigenvalue weighted by Crippen LogP contribution is 2.34. The van der Waals surface area contributed by atoms with Gasteiger partial charge in [-0.1, -0.05) is 48.5 Å². The summed E-state index contributed by atoms with van der Waals surface area (Å²) >= 11 is 0. The summed E-state index contributed by atoms with van der Waals surface area (Å²) in [5.74, 6) is 0. The number of carbonyl (C=O) groups excluding carboxylic acids is 1. The van der Waals surface area contributed by atoms with E-state index in [4.69, 9.17) is 4.74 Å². The molecular formula is C20H24N2O2. The molecule has 126 valence electrons. The average molecular weight is 324 g/mol. The van der Waals surface area contributed by atoms with Crippen LogP contribution in [0.2, 0.25) is 0 Å². The number of hydrogen-bond donors (Lipinski definition) is 2. The Balaban J connectivity index is 1.68. The highest BCUT2D eigenvalue weighted by molar-refractivity contribution is 5.90. The van der Waals surface area contributed by atoms with E-state index in [1.165, 1.54) is 5.56 Å². The normalized spacial score (nSPS) is 16.4. The molecule has 0 unspecified atom stereocenters. The van der Waals surface area contributed by atoms with Crippen LogP contribution in [0.3, 0.4) is 0 Å². The molecule has 2 aromatic carbocycles. The van der Waals surface area contributed by atoms with Gasteiger partial charge in [0.05, 0.1) is 0 Å². The van der Waals surface area contributed by atoms with E-state index in [9.17, 15) is 4.79 Å². The van der Waals surface area contributed by atoms with E-state index in [1.54, 1.807) is 0 Å². The van der Waals surface area contributed by atoms with Crippen LogP contribution in [0.5, 0.6) is 0 Å². The molecule has 1 saturated heterocycles. The number of benzene rings is 2. The maximum atomic E-state index is 12.3. The van der Waals surface area contributed by atoms with E-state index < -0.39 is 0 Å². The lowest BCUT2D eigenvalue weighted by molar-refractivity contribution is 0.0508. The zero-order valence-electron chi connectivity index (χ0n) is 14.0. The minimum atomic E-state index is -0.161. The fourth-order valence-electron chi connectivity index (χ4n) is 3.25. The van der Waals surface area contributed by atoms with Gasteiger partial charge >= 0.3 is 6.03 Å². The van der Waals surface area contributed by atoms with Crippen LogP contribution in [0.15, 0.2) is 54.6 Å². The van der Waals surface area contributed by atoms with Crippen molar-refractivity contribution in [3.8, 4) is 0 Å². The van der Waals surface area contributed by atoms with Gasteiger partial charge in [-0.3, -0.25) is 0 Å². The Bertz CT molecular complexity index is 679. The second-order valence-corrected chi connectivity index (χ2v) is 6.38. The number of para-hydroxylation sites is 1. The molecule has 0 bridgehead atoms. The fraction of sp³-hybridized carbons (Fsp3) is 0.350. The first kappa shape index (κ1) is 16.5. The van der Waals surface area contributed by atoms with E-state index in [2.05, 4.69) is 34.9 Å². The zero-order chi connectivity index (χ0) is 16.8. The molecule has 1 aliphatic heterocycles. The van der Waals surface area contributed by atoms with Crippen LogP contribution < -0.4 is 10.6 Å². The van der Waals surface area contributed by atoms with Crippen LogP contribution in [0.4, 0.5) is 10.5 Å². The van der Waals surface area contributed by atoms with Gasteiger partial charge in [0.15, 0.2) is 0 Å². The predicted octanol–water partition coefficient (Wildman–Crippen LogP) is 3.86. The van der Waals surface area contributed by atoms with E-state index in [0.29, 0.717) is 6.54 Å². The van der Waals surface area contributed by atoms with Crippen LogP contribution >= 0.6 is 0 Å². The Morgan fingerprint density at radius 2 is 1.71 bits per heavy atom. The molecule has 0 radical (unpaired) electrons. The first-order valence-electron chi connectivity index (χ1n) is 8.43. The standard InChI is InChI=1S/C20H24N2O2/c1-16-7-5-6-10-18(16)22-19(23)21-15-20(11-13-24-14-12-20)17-8-3-2-4-9-17/h2-10H,11-15H2,1H3,(H2,21,22,23). The Morgan fingerprint density at radius 3 is 2.42 bits per heavy atom. The van der Waals surface area contributed by atoms with Gasteiger partial charge in [0, 0.05) is 30.9 Å². The summed E-state index contributed by atoms with van der Waals surface area (Å²) in [6.07, 6.45) is 1.84. The largest absolute Gasteiger partial charge is 0.381 e. The Morgan fingerprint density at radius 1 is 1.04 bits per heavy atom. The Labute approximate surface area is 143 Å². The third-order valence-corrected chi connectivity index (χ3v) is 4.82. The average Bonchev–Trinajstić information content (AvgIpc) is 2.63. The van der Waals surface area contributed by atoms with Crippen molar-refractivity contribution in [1.29, 1.82) is 0 Å². The number of hydrogen-bond acceptors (Lipinski definition) is 2. The number of carbonyl (C=O) groups is 1. The first-order valence-corrected chi connectivity index (χ1v) is 8.43. The van der Waals surface area contributed by atoms with E-state index in [0.717, 1.165) is 37.3 Å². The summed E-state index contributed by atoms with van der Waals surface area (Å²) in [5, 5.41) is 6.00. The van der Waals surface area contributed by atoms with Crippen molar-refractivity contribution in [2.45, 2.75) is 25.2 Å². The maximum Gasteiger partial charge on any atom is 0.319 e. The van der Waals surface area contributed by atoms with Gasteiger partial charge in [-0.2, -0.15) is 0 Å². The van der Waals surface area contributed by atoms with Gasteiger partial charge in [0.1, 0.15) is 0 Å². The van der Waals surface area contributed by atoms with Gasteiger partial charge < -0.3 is 15.4 Å². The van der Waals surface area contributed by atoms with Crippen molar-refractivity contribution >= 4 is 11.7 Å². The van der Waals surface area contributed by atoms with Crippen molar-refractivity contribution in [1.82, 2.24) is 5.32 Å². The first-order chi connectivity index (χ1) is 11.7. The number of aryl methyl sites for hydroxylation is 1. The van der Waals surface area contributed by atoms with Gasteiger partial charge in [0.2, 0.25) is 0 Å². The van der Waals surface area contributed by atoms with Crippen LogP contribution in [0, 0.1) is 6.92 Å². The smallest absolute Gasteiger partial charge is 0.319 e. The van der Waals surface area contributed by atoms with Crippen molar-refractivity contribution in [3.05, 3.63) is 65.7 Å². The number of nitrogens with one attached hydrogen (secondary N) is 2. The molecule has 0 aliphatic carbocycles. The van der Waals surface area contributed by atoms with Crippen molar-refractivity contribution < 1.29 is 9.53 Å². The maximum absolute atomic E-state index is 12.3. The van der Waals surface area contributed by atoms with Crippen LogP contribution in [0.25, 0.3) is 0 Å². The molecule has 2 N–H and O–H groups in total. The molecule has 4 nitrogen and oxygen atoms in total. The van der Waals surface area contributed by atoms with Crippen LogP contribution in [-0.4, -0.2) is 25.8 Å². The molecule has 24 heavy (non-hydrogen) atoms. The van der Waals surface area contributed by atoms with E-state index in [1.807, 2.05) is 37.3 Å². The minimum absolute atomic E-state index is 0.0530. The van der Waals surface area contributed by atoms with Crippen LogP contribution in [0.1, 0.15) is 24.0 Å². The van der Waals surface area contributed by atoms with Gasteiger partial charge in [0.25, 0.3) is 0 Å². The third kappa shape index (κ3) is 3.77. The molecule has 1 aliphatic rings. The Hall–Kier alpha value is -2.33. The summed E-state index contributed by atoms with van der Waals surface area (Å²) in [6.45, 7) is 4.06. The van der Waals surface area contributed by atoms with E-state index in [-0.39, 0.29) is 11.4 Å². The number of ether oxygens (including phenoxy) is 1. The van der Waals surface area contributed by atoms with Crippen molar-refractivity contribution in [3.63, 3.8) is 0 Å². The third-order valence-electron chi connectivity index (χ3n) is 4.82. The molecule has 0 aromatic heterocycles. The number of amides is 2. The lowest BCUT2D eigenvalue weighted by Crippen LogP contribution is -2.45. The molecule has 1 fully saturated rings. The monoisotopic (exact) mass is 324 g/mol. The quantitative estimate of drug-likeness (QED) is 0.897. The Kier molecular flexibility index (Phi) is 5.16. The summed E-state index contributed by atoms with van der Waals surface area (Å²) in [7, 11) is 0. The summed E-state index contributed by atoms with van der Waals surface area (Å²) < 4.78 is 5.54. The molecule has 0 atom stereocenters. The predicted molar refractivity (Wildman–Crippen MR) is 96.4 cm³/mol. The second-order valence-electron chi connectivity index (χ2n) is 6.38. The van der Waals surface area contributed by atoms with Gasteiger partial charge in [-0.15, -0.1) is 0 Å². The van der Waals surface area contributed by atoms with Crippen LogP contribution in [-0.2, 0) is 10.2 Å². The van der Waals surface area contributed by atoms with Gasteiger partial charge in [-0.05, 0) is 37.0 Å². The van der Waals surface area contributed by atoms with Crippen molar-refractivity contribution in [2.24, 2.45) is 0 Å². The summed E-state index contributed by atoms with van der Waals surface area (Å²) in [5.41, 5.74) is 3.11. The number of urea groups is 1. The zero-order valence-corrected chi connectivity index (χ0v) is 14.0. The molecule has 3 rings (SSSR count). The molecule has 2 amide bonds. The molecule has 1 heterocycles. The van der Waals surface area contributed by atoms with Crippen molar-refractivity contribution in [2.75, 3.05) is 25.1 Å².